The molecule has 0 radical (unpaired) electrons. The van der Waals surface area contributed by atoms with E-state index in [0.29, 0.717) is 6.54 Å². The van der Waals surface area contributed by atoms with E-state index in [-0.39, 0.29) is 11.8 Å². The van der Waals surface area contributed by atoms with Crippen LogP contribution in [0.2, 0.25) is 0 Å². The Morgan fingerprint density at radius 2 is 2.03 bits per heavy atom. The van der Waals surface area contributed by atoms with Gasteiger partial charge >= 0.3 is 0 Å². The van der Waals surface area contributed by atoms with E-state index in [9.17, 15) is 4.79 Å². The van der Waals surface area contributed by atoms with Crippen LogP contribution in [-0.4, -0.2) is 32.1 Å². The van der Waals surface area contributed by atoms with Crippen molar-refractivity contribution in [3.8, 4) is 0 Å². The Balaban J connectivity index is 1.27. The number of benzene rings is 1. The minimum atomic E-state index is 0.186. The topological polar surface area (TPSA) is 63.1 Å². The maximum atomic E-state index is 12.1. The molecule has 1 N–H and O–H groups in total. The zero-order valence-corrected chi connectivity index (χ0v) is 16.7. The van der Waals surface area contributed by atoms with Crippen molar-refractivity contribution in [3.05, 3.63) is 59.5 Å². The first-order valence-corrected chi connectivity index (χ1v) is 10.6. The minimum Gasteiger partial charge on any atom is -0.350 e. The van der Waals surface area contributed by atoms with Crippen LogP contribution >= 0.6 is 0 Å². The number of hydrogen-bond donors (Lipinski definition) is 1. The summed E-state index contributed by atoms with van der Waals surface area (Å²) >= 11 is 0. The molecule has 0 unspecified atom stereocenters. The number of hydrogen-bond acceptors (Lipinski definition) is 4. The van der Waals surface area contributed by atoms with Crippen molar-refractivity contribution in [2.75, 3.05) is 6.54 Å². The second kappa shape index (κ2) is 7.95. The van der Waals surface area contributed by atoms with Gasteiger partial charge in [0, 0.05) is 43.7 Å². The summed E-state index contributed by atoms with van der Waals surface area (Å²) in [4.78, 5) is 19.1. The lowest BCUT2D eigenvalue weighted by molar-refractivity contribution is -0.127. The van der Waals surface area contributed by atoms with Gasteiger partial charge in [-0.15, -0.1) is 0 Å². The van der Waals surface area contributed by atoms with Crippen molar-refractivity contribution in [2.24, 2.45) is 5.92 Å². The van der Waals surface area contributed by atoms with Crippen LogP contribution in [0.25, 0.3) is 10.9 Å². The first-order valence-electron chi connectivity index (χ1n) is 10.6. The molecule has 5 rings (SSSR count). The summed E-state index contributed by atoms with van der Waals surface area (Å²) in [5.74, 6) is 0.409. The van der Waals surface area contributed by atoms with Gasteiger partial charge in [0.1, 0.15) is 0 Å². The summed E-state index contributed by atoms with van der Waals surface area (Å²) in [7, 11) is 0. The van der Waals surface area contributed by atoms with Gasteiger partial charge < -0.3 is 5.32 Å². The maximum absolute atomic E-state index is 12.1. The summed E-state index contributed by atoms with van der Waals surface area (Å²) < 4.78 is 2.12. The molecule has 150 valence electrons. The molecule has 0 bridgehead atoms. The smallest absolute Gasteiger partial charge is 0.223 e. The third-order valence-corrected chi connectivity index (χ3v) is 6.20. The first-order chi connectivity index (χ1) is 14.3. The number of pyridine rings is 1. The first kappa shape index (κ1) is 18.3. The average Bonchev–Trinajstić information content (AvgIpc) is 2.97. The van der Waals surface area contributed by atoms with E-state index in [1.165, 1.54) is 23.1 Å². The fourth-order valence-electron chi connectivity index (χ4n) is 4.34. The lowest BCUT2D eigenvalue weighted by Crippen LogP contribution is -2.34. The van der Waals surface area contributed by atoms with Crippen LogP contribution in [0.15, 0.2) is 42.6 Å². The Morgan fingerprint density at radius 1 is 1.14 bits per heavy atom. The molecular weight excluding hydrogens is 362 g/mol. The molecule has 3 heterocycles. The van der Waals surface area contributed by atoms with Gasteiger partial charge in [-0.05, 0) is 43.0 Å². The van der Waals surface area contributed by atoms with Crippen LogP contribution in [0.3, 0.4) is 0 Å². The summed E-state index contributed by atoms with van der Waals surface area (Å²) in [5.41, 5.74) is 4.56. The zero-order valence-electron chi connectivity index (χ0n) is 16.7. The molecule has 6 heteroatoms. The summed E-state index contributed by atoms with van der Waals surface area (Å²) in [6, 6.07) is 12.6. The molecule has 2 aromatic heterocycles. The number of para-hydroxylation sites is 1. The highest BCUT2D eigenvalue weighted by atomic mass is 16.1. The number of carbonyl (C=O) groups excluding carboxylic acids is 1. The predicted octanol–water partition coefficient (Wildman–Crippen LogP) is 3.25. The van der Waals surface area contributed by atoms with Gasteiger partial charge in [0.15, 0.2) is 0 Å². The van der Waals surface area contributed by atoms with Gasteiger partial charge in [-0.25, -0.2) is 0 Å². The van der Waals surface area contributed by atoms with Crippen LogP contribution in [0.1, 0.15) is 42.6 Å². The summed E-state index contributed by atoms with van der Waals surface area (Å²) in [6.07, 6.45) is 6.22. The van der Waals surface area contributed by atoms with Crippen molar-refractivity contribution in [3.63, 3.8) is 0 Å². The maximum Gasteiger partial charge on any atom is 0.223 e. The molecule has 0 saturated heterocycles. The third kappa shape index (κ3) is 3.90. The molecule has 1 amide bonds. The van der Waals surface area contributed by atoms with Crippen LogP contribution in [0.4, 0.5) is 0 Å². The lowest BCUT2D eigenvalue weighted by atomic mass is 9.85. The van der Waals surface area contributed by atoms with E-state index in [4.69, 9.17) is 5.10 Å². The molecule has 1 fully saturated rings. The molecule has 1 saturated carbocycles. The molecule has 1 aromatic carbocycles. The van der Waals surface area contributed by atoms with E-state index < -0.39 is 0 Å². The van der Waals surface area contributed by atoms with Crippen molar-refractivity contribution < 1.29 is 4.79 Å². The second-order valence-corrected chi connectivity index (χ2v) is 8.25. The molecule has 29 heavy (non-hydrogen) atoms. The number of carbonyl (C=O) groups is 1. The summed E-state index contributed by atoms with van der Waals surface area (Å²) in [5, 5.41) is 9.03. The third-order valence-electron chi connectivity index (χ3n) is 6.20. The number of rotatable bonds is 5. The Kier molecular flexibility index (Phi) is 5.02. The molecule has 0 spiro atoms. The Bertz CT molecular complexity index is 1020. The molecule has 1 aliphatic carbocycles. The zero-order chi connectivity index (χ0) is 19.6. The number of aromatic nitrogens is 3. The van der Waals surface area contributed by atoms with Crippen LogP contribution in [0.5, 0.6) is 0 Å². The van der Waals surface area contributed by atoms with Gasteiger partial charge in [0.2, 0.25) is 5.91 Å². The monoisotopic (exact) mass is 389 g/mol. The number of fused-ring (bicyclic) bond motifs is 2. The van der Waals surface area contributed by atoms with Gasteiger partial charge in [0.25, 0.3) is 0 Å². The quantitative estimate of drug-likeness (QED) is 0.728. The van der Waals surface area contributed by atoms with E-state index in [1.54, 1.807) is 0 Å². The Morgan fingerprint density at radius 3 is 2.90 bits per heavy atom. The van der Waals surface area contributed by atoms with Crippen LogP contribution in [-0.2, 0) is 31.0 Å². The van der Waals surface area contributed by atoms with E-state index in [2.05, 4.69) is 50.2 Å². The van der Waals surface area contributed by atoms with Gasteiger partial charge in [-0.2, -0.15) is 5.10 Å². The van der Waals surface area contributed by atoms with Crippen molar-refractivity contribution in [1.82, 2.24) is 25.0 Å². The van der Waals surface area contributed by atoms with Crippen LogP contribution < -0.4 is 5.32 Å². The normalized spacial score (nSPS) is 17.5. The fraction of sp³-hybridized carbons (Fsp3) is 0.435. The molecule has 0 atom stereocenters. The van der Waals surface area contributed by atoms with Gasteiger partial charge in [-0.1, -0.05) is 24.6 Å². The minimum absolute atomic E-state index is 0.186. The highest BCUT2D eigenvalue weighted by Gasteiger charge is 2.25. The van der Waals surface area contributed by atoms with Crippen molar-refractivity contribution in [1.29, 1.82) is 0 Å². The number of aryl methyl sites for hydroxylation is 1. The fourth-order valence-corrected chi connectivity index (χ4v) is 4.34. The average molecular weight is 390 g/mol. The van der Waals surface area contributed by atoms with Crippen molar-refractivity contribution in [2.45, 2.75) is 51.9 Å². The molecule has 1 aliphatic heterocycles. The Labute approximate surface area is 170 Å². The molecule has 6 nitrogen and oxygen atoms in total. The predicted molar refractivity (Wildman–Crippen MR) is 112 cm³/mol. The van der Waals surface area contributed by atoms with E-state index >= 15 is 0 Å². The highest BCUT2D eigenvalue weighted by Crippen LogP contribution is 2.26. The van der Waals surface area contributed by atoms with Crippen LogP contribution in [0, 0.1) is 5.92 Å². The summed E-state index contributed by atoms with van der Waals surface area (Å²) in [6.45, 7) is 4.29. The highest BCUT2D eigenvalue weighted by molar-refractivity contribution is 5.81. The molecular formula is C23H27N5O. The number of nitrogens with one attached hydrogen (secondary N) is 1. The van der Waals surface area contributed by atoms with Gasteiger partial charge in [-0.3, -0.25) is 19.4 Å². The number of amides is 1. The van der Waals surface area contributed by atoms with Gasteiger partial charge in [0.05, 0.1) is 23.4 Å². The SMILES string of the molecule is O=C(NCc1cc2n(n1)CCCN(Cc1ccnc3ccccc13)C2)C1CCC1. The lowest BCUT2D eigenvalue weighted by Gasteiger charge is -2.23. The van der Waals surface area contributed by atoms with Crippen molar-refractivity contribution >= 4 is 16.8 Å². The number of nitrogens with zero attached hydrogens (tertiary/aromatic N) is 4. The Hall–Kier alpha value is -2.73. The van der Waals surface area contributed by atoms with E-state index in [0.717, 1.165) is 56.7 Å². The molecule has 3 aromatic rings. The largest absolute Gasteiger partial charge is 0.350 e. The standard InChI is InChI=1S/C23H27N5O/c29-23(17-5-3-6-17)25-14-19-13-20-16-27(11-4-12-28(20)26-19)15-18-9-10-24-22-8-2-1-7-21(18)22/h1-2,7-10,13,17H,3-6,11-12,14-16H2,(H,25,29). The second-order valence-electron chi connectivity index (χ2n) is 8.25. The molecule has 2 aliphatic rings. The van der Waals surface area contributed by atoms with E-state index in [1.807, 2.05) is 12.3 Å².